The predicted octanol–water partition coefficient (Wildman–Crippen LogP) is 4.20. The number of amides is 1. The summed E-state index contributed by atoms with van der Waals surface area (Å²) in [5, 5.41) is 3.05. The van der Waals surface area contributed by atoms with Crippen LogP contribution in [0.1, 0.15) is 48.5 Å². The highest BCUT2D eigenvalue weighted by Crippen LogP contribution is 2.45. The lowest BCUT2D eigenvalue weighted by molar-refractivity contribution is 0.0929. The molecule has 6 nitrogen and oxygen atoms in total. The third-order valence-corrected chi connectivity index (χ3v) is 6.92. The van der Waals surface area contributed by atoms with Gasteiger partial charge in [-0.1, -0.05) is 43.7 Å². The fraction of sp³-hybridized carbons (Fsp3) is 0.407. The first-order valence-corrected chi connectivity index (χ1v) is 12.1. The number of rotatable bonds is 7. The molecule has 0 spiro atoms. The summed E-state index contributed by atoms with van der Waals surface area (Å²) in [6, 6.07) is 13.1. The highest BCUT2D eigenvalue weighted by Gasteiger charge is 2.46. The Morgan fingerprint density at radius 2 is 1.88 bits per heavy atom. The van der Waals surface area contributed by atoms with Crippen molar-refractivity contribution < 1.29 is 13.9 Å². The number of aromatic nitrogens is 1. The maximum atomic E-state index is 15.4. The number of nitrogens with one attached hydrogen (secondary N) is 1. The third kappa shape index (κ3) is 4.20. The first kappa shape index (κ1) is 22.6. The van der Waals surface area contributed by atoms with E-state index >= 15 is 4.39 Å². The van der Waals surface area contributed by atoms with E-state index < -0.39 is 22.7 Å². The van der Waals surface area contributed by atoms with Crippen molar-refractivity contribution in [2.75, 3.05) is 31.2 Å². The van der Waals surface area contributed by atoms with Gasteiger partial charge in [-0.25, -0.2) is 4.39 Å². The Balaban J connectivity index is 1.56. The Kier molecular flexibility index (Phi) is 6.13. The van der Waals surface area contributed by atoms with Gasteiger partial charge in [-0.15, -0.1) is 0 Å². The second-order valence-corrected chi connectivity index (χ2v) is 9.24. The molecule has 1 aliphatic heterocycles. The molecule has 2 heterocycles. The van der Waals surface area contributed by atoms with Gasteiger partial charge in [-0.3, -0.25) is 9.59 Å². The summed E-state index contributed by atoms with van der Waals surface area (Å²) < 4.78 is 22.7. The van der Waals surface area contributed by atoms with Crippen LogP contribution in [0.4, 0.5) is 10.1 Å². The van der Waals surface area contributed by atoms with Crippen molar-refractivity contribution in [1.29, 1.82) is 0 Å². The van der Waals surface area contributed by atoms with E-state index in [4.69, 9.17) is 4.74 Å². The Morgan fingerprint density at radius 1 is 1.15 bits per heavy atom. The molecule has 1 saturated carbocycles. The van der Waals surface area contributed by atoms with Gasteiger partial charge in [0.2, 0.25) is 5.43 Å². The minimum atomic E-state index is -0.590. The van der Waals surface area contributed by atoms with Gasteiger partial charge in [0.1, 0.15) is 11.4 Å². The number of carbonyl (C=O) groups is 1. The minimum Gasteiger partial charge on any atom is -0.378 e. The molecule has 0 atom stereocenters. The lowest BCUT2D eigenvalue weighted by Crippen LogP contribution is -2.38. The van der Waals surface area contributed by atoms with Crippen LogP contribution >= 0.6 is 0 Å². The van der Waals surface area contributed by atoms with E-state index in [9.17, 15) is 9.59 Å². The average molecular weight is 464 g/mol. The Labute approximate surface area is 198 Å². The van der Waals surface area contributed by atoms with Crippen molar-refractivity contribution in [3.63, 3.8) is 0 Å². The van der Waals surface area contributed by atoms with E-state index in [0.717, 1.165) is 36.9 Å². The molecule has 2 fully saturated rings. The molecule has 5 rings (SSSR count). The number of pyridine rings is 1. The summed E-state index contributed by atoms with van der Waals surface area (Å²) in [7, 11) is 0. The van der Waals surface area contributed by atoms with Crippen molar-refractivity contribution in [3.05, 3.63) is 75.8 Å². The van der Waals surface area contributed by atoms with Gasteiger partial charge in [0.05, 0.1) is 29.7 Å². The molecule has 2 aromatic carbocycles. The summed E-state index contributed by atoms with van der Waals surface area (Å²) >= 11 is 0. The summed E-state index contributed by atoms with van der Waals surface area (Å²) in [6.07, 6.45) is 5.04. The maximum absolute atomic E-state index is 15.4. The molecule has 1 saturated heterocycles. The Morgan fingerprint density at radius 3 is 2.56 bits per heavy atom. The molecule has 34 heavy (non-hydrogen) atoms. The van der Waals surface area contributed by atoms with E-state index in [1.54, 1.807) is 6.20 Å². The zero-order valence-corrected chi connectivity index (χ0v) is 19.5. The van der Waals surface area contributed by atoms with Crippen LogP contribution < -0.4 is 15.6 Å². The number of anilines is 1. The number of unbranched alkanes of at least 4 members (excludes halogenated alkanes) is 1. The third-order valence-electron chi connectivity index (χ3n) is 6.92. The lowest BCUT2D eigenvalue weighted by Gasteiger charge is -2.29. The molecule has 1 N–H and O–H groups in total. The standard InChI is InChI=1S/C27H30FN3O3/c1-2-3-11-31-18-21(26(33)29-27(9-10-27)19-7-5-4-6-8-19)25(32)24-22(28)16-20(17-23(24)31)30-12-14-34-15-13-30/h4-8,16-18H,2-3,9-15H2,1H3,(H,29,33). The Bertz CT molecular complexity index is 1260. The summed E-state index contributed by atoms with van der Waals surface area (Å²) in [4.78, 5) is 28.8. The van der Waals surface area contributed by atoms with Crippen LogP contribution in [0.2, 0.25) is 0 Å². The number of morpholine rings is 1. The molecule has 2 aliphatic rings. The van der Waals surface area contributed by atoms with Crippen molar-refractivity contribution in [3.8, 4) is 0 Å². The van der Waals surface area contributed by atoms with Gasteiger partial charge in [0, 0.05) is 31.5 Å². The van der Waals surface area contributed by atoms with Crippen molar-refractivity contribution >= 4 is 22.5 Å². The summed E-state index contributed by atoms with van der Waals surface area (Å²) in [6.45, 7) is 5.20. The van der Waals surface area contributed by atoms with Crippen LogP contribution in [0.25, 0.3) is 10.9 Å². The molecular formula is C27H30FN3O3. The molecule has 0 unspecified atom stereocenters. The van der Waals surface area contributed by atoms with Gasteiger partial charge in [-0.2, -0.15) is 0 Å². The highest BCUT2D eigenvalue weighted by atomic mass is 19.1. The first-order chi connectivity index (χ1) is 16.5. The number of carbonyl (C=O) groups excluding carboxylic acids is 1. The zero-order chi connectivity index (χ0) is 23.7. The number of hydrogen-bond acceptors (Lipinski definition) is 4. The minimum absolute atomic E-state index is 0.0103. The fourth-order valence-corrected chi connectivity index (χ4v) is 4.78. The molecule has 0 radical (unpaired) electrons. The van der Waals surface area contributed by atoms with Crippen molar-refractivity contribution in [2.24, 2.45) is 0 Å². The quantitative estimate of drug-likeness (QED) is 0.571. The molecule has 1 amide bonds. The number of benzene rings is 2. The van der Waals surface area contributed by atoms with Crippen LogP contribution in [0, 0.1) is 5.82 Å². The number of aryl methyl sites for hydroxylation is 1. The second kappa shape index (κ2) is 9.22. The van der Waals surface area contributed by atoms with E-state index in [0.29, 0.717) is 38.4 Å². The van der Waals surface area contributed by atoms with Gasteiger partial charge in [0.25, 0.3) is 5.91 Å². The topological polar surface area (TPSA) is 63.6 Å². The average Bonchev–Trinajstić information content (AvgIpc) is 3.65. The molecular weight excluding hydrogens is 433 g/mol. The number of nitrogens with zero attached hydrogens (tertiary/aromatic N) is 2. The zero-order valence-electron chi connectivity index (χ0n) is 19.5. The van der Waals surface area contributed by atoms with E-state index in [-0.39, 0.29) is 10.9 Å². The highest BCUT2D eigenvalue weighted by molar-refractivity contribution is 5.98. The molecule has 3 aromatic rings. The van der Waals surface area contributed by atoms with Crippen molar-refractivity contribution in [1.82, 2.24) is 9.88 Å². The van der Waals surface area contributed by atoms with Gasteiger partial charge in [0.15, 0.2) is 0 Å². The van der Waals surface area contributed by atoms with Crippen LogP contribution in [0.5, 0.6) is 0 Å². The largest absolute Gasteiger partial charge is 0.378 e. The van der Waals surface area contributed by atoms with Gasteiger partial charge < -0.3 is 19.5 Å². The molecule has 178 valence electrons. The van der Waals surface area contributed by atoms with Gasteiger partial charge in [-0.05, 0) is 37.0 Å². The van der Waals surface area contributed by atoms with Crippen LogP contribution in [-0.2, 0) is 16.8 Å². The summed E-state index contributed by atoms with van der Waals surface area (Å²) in [5.41, 5.74) is 1.26. The first-order valence-electron chi connectivity index (χ1n) is 12.1. The van der Waals surface area contributed by atoms with E-state index in [2.05, 4.69) is 17.1 Å². The molecule has 0 bridgehead atoms. The summed E-state index contributed by atoms with van der Waals surface area (Å²) in [5.74, 6) is -1.04. The normalized spacial score (nSPS) is 17.1. The van der Waals surface area contributed by atoms with Crippen LogP contribution in [0.3, 0.4) is 0 Å². The molecule has 7 heteroatoms. The fourth-order valence-electron chi connectivity index (χ4n) is 4.78. The second-order valence-electron chi connectivity index (χ2n) is 9.24. The molecule has 1 aromatic heterocycles. The van der Waals surface area contributed by atoms with Crippen LogP contribution in [0.15, 0.2) is 53.5 Å². The predicted molar refractivity (Wildman–Crippen MR) is 131 cm³/mol. The smallest absolute Gasteiger partial charge is 0.257 e. The van der Waals surface area contributed by atoms with E-state index in [1.165, 1.54) is 6.07 Å². The van der Waals surface area contributed by atoms with Crippen LogP contribution in [-0.4, -0.2) is 36.8 Å². The maximum Gasteiger partial charge on any atom is 0.257 e. The number of ether oxygens (including phenoxy) is 1. The SMILES string of the molecule is CCCCn1cc(C(=O)NC2(c3ccccc3)CC2)c(=O)c2c(F)cc(N3CCOCC3)cc21. The number of halogens is 1. The van der Waals surface area contributed by atoms with E-state index in [1.807, 2.05) is 41.0 Å². The Hall–Kier alpha value is -3.19. The lowest BCUT2D eigenvalue weighted by atomic mass is 10.0. The monoisotopic (exact) mass is 463 g/mol. The number of hydrogen-bond donors (Lipinski definition) is 1. The van der Waals surface area contributed by atoms with Gasteiger partial charge >= 0.3 is 0 Å². The number of fused-ring (bicyclic) bond motifs is 1. The van der Waals surface area contributed by atoms with Crippen molar-refractivity contribution in [2.45, 2.75) is 44.7 Å². The molecule has 1 aliphatic carbocycles.